The van der Waals surface area contributed by atoms with E-state index in [1.165, 1.54) is 0 Å². The highest BCUT2D eigenvalue weighted by molar-refractivity contribution is 6.30. The summed E-state index contributed by atoms with van der Waals surface area (Å²) >= 11 is 5.85. The average Bonchev–Trinajstić information content (AvgIpc) is 2.88. The van der Waals surface area contributed by atoms with Gasteiger partial charge in [-0.15, -0.1) is 0 Å². The second kappa shape index (κ2) is 5.78. The van der Waals surface area contributed by atoms with Gasteiger partial charge in [0.2, 0.25) is 0 Å². The molecule has 0 fully saturated rings. The highest BCUT2D eigenvalue weighted by atomic mass is 35.5. The van der Waals surface area contributed by atoms with Gasteiger partial charge in [-0.1, -0.05) is 41.9 Å². The molecule has 2 atom stereocenters. The summed E-state index contributed by atoms with van der Waals surface area (Å²) in [6.45, 7) is 0. The van der Waals surface area contributed by atoms with Crippen molar-refractivity contribution in [3.8, 4) is 5.75 Å². The number of halogens is 1. The largest absolute Gasteiger partial charge is 0.490 e. The molecule has 108 valence electrons. The van der Waals surface area contributed by atoms with Crippen LogP contribution in [0.4, 0.5) is 0 Å². The van der Waals surface area contributed by atoms with Crippen molar-refractivity contribution in [2.75, 3.05) is 0 Å². The number of benzene rings is 2. The fourth-order valence-electron chi connectivity index (χ4n) is 2.72. The number of fused-ring (bicyclic) bond motifs is 1. The van der Waals surface area contributed by atoms with Crippen LogP contribution in [0.2, 0.25) is 5.02 Å². The van der Waals surface area contributed by atoms with Gasteiger partial charge in [0.05, 0.1) is 5.92 Å². The van der Waals surface area contributed by atoms with Crippen LogP contribution < -0.4 is 4.74 Å². The normalized spacial score (nSPS) is 17.9. The maximum atomic E-state index is 11.6. The minimum atomic E-state index is -0.836. The molecule has 0 saturated heterocycles. The van der Waals surface area contributed by atoms with Gasteiger partial charge >= 0.3 is 5.97 Å². The van der Waals surface area contributed by atoms with Gasteiger partial charge in [0.1, 0.15) is 11.9 Å². The highest BCUT2D eigenvalue weighted by Gasteiger charge is 2.29. The van der Waals surface area contributed by atoms with Crippen LogP contribution in [0.15, 0.2) is 48.5 Å². The Morgan fingerprint density at radius 1 is 1.24 bits per heavy atom. The van der Waals surface area contributed by atoms with Gasteiger partial charge in [-0.25, -0.2) is 0 Å². The summed E-state index contributed by atoms with van der Waals surface area (Å²) in [4.78, 5) is 11.6. The van der Waals surface area contributed by atoms with Gasteiger partial charge in [-0.3, -0.25) is 4.79 Å². The SMILES string of the molecule is O=C(O)C(CC1Cc2ccccc2O1)c1ccc(Cl)cc1. The third-order valence-electron chi connectivity index (χ3n) is 3.78. The zero-order valence-corrected chi connectivity index (χ0v) is 12.1. The smallest absolute Gasteiger partial charge is 0.311 e. The van der Waals surface area contributed by atoms with E-state index in [2.05, 4.69) is 0 Å². The van der Waals surface area contributed by atoms with Crippen molar-refractivity contribution in [2.24, 2.45) is 0 Å². The Labute approximate surface area is 128 Å². The molecule has 1 aliphatic heterocycles. The van der Waals surface area contributed by atoms with E-state index < -0.39 is 11.9 Å². The number of hydrogen-bond donors (Lipinski definition) is 1. The molecule has 0 amide bonds. The number of carbonyl (C=O) groups is 1. The average molecular weight is 303 g/mol. The van der Waals surface area contributed by atoms with Crippen molar-refractivity contribution in [1.29, 1.82) is 0 Å². The number of carboxylic acids is 1. The van der Waals surface area contributed by atoms with Crippen LogP contribution in [0.5, 0.6) is 5.75 Å². The quantitative estimate of drug-likeness (QED) is 0.931. The molecule has 0 spiro atoms. The molecular weight excluding hydrogens is 288 g/mol. The Balaban J connectivity index is 1.75. The Morgan fingerprint density at radius 2 is 1.95 bits per heavy atom. The molecule has 4 heteroatoms. The van der Waals surface area contributed by atoms with Crippen LogP contribution in [0.3, 0.4) is 0 Å². The first-order chi connectivity index (χ1) is 10.1. The van der Waals surface area contributed by atoms with Crippen molar-refractivity contribution in [3.63, 3.8) is 0 Å². The van der Waals surface area contributed by atoms with Crippen LogP contribution in [-0.2, 0) is 11.2 Å². The number of ether oxygens (including phenoxy) is 1. The molecule has 3 nitrogen and oxygen atoms in total. The maximum Gasteiger partial charge on any atom is 0.311 e. The molecule has 1 N–H and O–H groups in total. The molecule has 2 aromatic rings. The lowest BCUT2D eigenvalue weighted by molar-refractivity contribution is -0.139. The summed E-state index contributed by atoms with van der Waals surface area (Å²) < 4.78 is 5.84. The van der Waals surface area contributed by atoms with Gasteiger partial charge < -0.3 is 9.84 Å². The first kappa shape index (κ1) is 14.0. The van der Waals surface area contributed by atoms with E-state index in [0.29, 0.717) is 11.4 Å². The molecule has 2 unspecified atom stereocenters. The van der Waals surface area contributed by atoms with E-state index in [0.717, 1.165) is 23.3 Å². The molecule has 1 heterocycles. The second-order valence-corrected chi connectivity index (χ2v) is 5.67. The van der Waals surface area contributed by atoms with Gasteiger partial charge in [-0.05, 0) is 29.3 Å². The number of aliphatic carboxylic acids is 1. The zero-order valence-electron chi connectivity index (χ0n) is 11.3. The molecule has 0 bridgehead atoms. The molecule has 0 saturated carbocycles. The van der Waals surface area contributed by atoms with E-state index in [1.807, 2.05) is 24.3 Å². The number of carboxylic acid groups (broad SMARTS) is 1. The van der Waals surface area contributed by atoms with E-state index >= 15 is 0 Å². The Hall–Kier alpha value is -2.00. The fourth-order valence-corrected chi connectivity index (χ4v) is 2.85. The second-order valence-electron chi connectivity index (χ2n) is 5.23. The van der Waals surface area contributed by atoms with Crippen molar-refractivity contribution < 1.29 is 14.6 Å². The third-order valence-corrected chi connectivity index (χ3v) is 4.03. The highest BCUT2D eigenvalue weighted by Crippen LogP contribution is 2.33. The van der Waals surface area contributed by atoms with Crippen LogP contribution in [-0.4, -0.2) is 17.2 Å². The summed E-state index contributed by atoms with van der Waals surface area (Å²) in [5.74, 6) is -0.554. The predicted octanol–water partition coefficient (Wildman–Crippen LogP) is 3.90. The summed E-state index contributed by atoms with van der Waals surface area (Å²) in [6, 6.07) is 14.8. The predicted molar refractivity (Wildman–Crippen MR) is 81.0 cm³/mol. The molecule has 3 rings (SSSR count). The molecular formula is C17H15ClO3. The van der Waals surface area contributed by atoms with Crippen molar-refractivity contribution in [3.05, 3.63) is 64.7 Å². The first-order valence-electron chi connectivity index (χ1n) is 6.86. The monoisotopic (exact) mass is 302 g/mol. The van der Waals surface area contributed by atoms with Crippen molar-refractivity contribution in [2.45, 2.75) is 24.9 Å². The van der Waals surface area contributed by atoms with Crippen LogP contribution in [0.1, 0.15) is 23.5 Å². The maximum absolute atomic E-state index is 11.6. The van der Waals surface area contributed by atoms with Gasteiger partial charge in [0.15, 0.2) is 0 Å². The molecule has 21 heavy (non-hydrogen) atoms. The van der Waals surface area contributed by atoms with E-state index in [9.17, 15) is 9.90 Å². The van der Waals surface area contributed by atoms with E-state index in [1.54, 1.807) is 24.3 Å². The zero-order chi connectivity index (χ0) is 14.8. The topological polar surface area (TPSA) is 46.5 Å². The standard InChI is InChI=1S/C17H15ClO3/c18-13-7-5-11(6-8-13)15(17(19)20)10-14-9-12-3-1-2-4-16(12)21-14/h1-8,14-15H,9-10H2,(H,19,20). The lowest BCUT2D eigenvalue weighted by atomic mass is 9.92. The van der Waals surface area contributed by atoms with Gasteiger partial charge in [0, 0.05) is 17.9 Å². The van der Waals surface area contributed by atoms with Crippen molar-refractivity contribution in [1.82, 2.24) is 0 Å². The number of rotatable bonds is 4. The summed E-state index contributed by atoms with van der Waals surface area (Å²) in [7, 11) is 0. The number of para-hydroxylation sites is 1. The van der Waals surface area contributed by atoms with Gasteiger partial charge in [-0.2, -0.15) is 0 Å². The third kappa shape index (κ3) is 3.03. The van der Waals surface area contributed by atoms with Crippen molar-refractivity contribution >= 4 is 17.6 Å². The molecule has 0 radical (unpaired) electrons. The lowest BCUT2D eigenvalue weighted by Gasteiger charge is -2.17. The van der Waals surface area contributed by atoms with Crippen LogP contribution >= 0.6 is 11.6 Å². The van der Waals surface area contributed by atoms with Gasteiger partial charge in [0.25, 0.3) is 0 Å². The molecule has 1 aliphatic rings. The Morgan fingerprint density at radius 3 is 2.62 bits per heavy atom. The summed E-state index contributed by atoms with van der Waals surface area (Å²) in [5.41, 5.74) is 1.90. The first-order valence-corrected chi connectivity index (χ1v) is 7.24. The van der Waals surface area contributed by atoms with Crippen LogP contribution in [0, 0.1) is 0 Å². The molecule has 0 aromatic heterocycles. The van der Waals surface area contributed by atoms with E-state index in [4.69, 9.17) is 16.3 Å². The minimum absolute atomic E-state index is 0.0980. The summed E-state index contributed by atoms with van der Waals surface area (Å²) in [5, 5.41) is 10.1. The number of hydrogen-bond acceptors (Lipinski definition) is 2. The summed E-state index contributed by atoms with van der Waals surface area (Å²) in [6.07, 6.45) is 1.11. The Kier molecular flexibility index (Phi) is 3.84. The molecule has 0 aliphatic carbocycles. The molecule has 2 aromatic carbocycles. The lowest BCUT2D eigenvalue weighted by Crippen LogP contribution is -2.22. The van der Waals surface area contributed by atoms with Crippen LogP contribution in [0.25, 0.3) is 0 Å². The fraction of sp³-hybridized carbons (Fsp3) is 0.235. The Bertz CT molecular complexity index is 626. The minimum Gasteiger partial charge on any atom is -0.490 e. The van der Waals surface area contributed by atoms with E-state index in [-0.39, 0.29) is 6.10 Å².